The molecular formula is C26H34F2N2O3. The summed E-state index contributed by atoms with van der Waals surface area (Å²) in [6.45, 7) is 6.18. The molecular weight excluding hydrogens is 426 g/mol. The van der Waals surface area contributed by atoms with Crippen molar-refractivity contribution in [3.8, 4) is 5.75 Å². The fourth-order valence-corrected chi connectivity index (χ4v) is 3.85. The third-order valence-electron chi connectivity index (χ3n) is 5.73. The molecule has 0 bridgehead atoms. The van der Waals surface area contributed by atoms with E-state index in [0.29, 0.717) is 31.9 Å². The van der Waals surface area contributed by atoms with Crippen molar-refractivity contribution in [3.05, 3.63) is 65.5 Å². The molecule has 0 unspecified atom stereocenters. The maximum Gasteiger partial charge on any atom is 0.410 e. The highest BCUT2D eigenvalue weighted by Crippen LogP contribution is 2.22. The Kier molecular flexibility index (Phi) is 9.06. The molecule has 33 heavy (non-hydrogen) atoms. The molecule has 1 amide bonds. The summed E-state index contributed by atoms with van der Waals surface area (Å²) >= 11 is 0. The zero-order chi connectivity index (χ0) is 23.8. The van der Waals surface area contributed by atoms with Gasteiger partial charge in [0.05, 0.1) is 19.3 Å². The molecule has 1 aliphatic heterocycles. The first kappa shape index (κ1) is 25.0. The molecule has 2 aromatic rings. The van der Waals surface area contributed by atoms with Crippen LogP contribution in [-0.2, 0) is 17.7 Å². The summed E-state index contributed by atoms with van der Waals surface area (Å²) in [6.07, 6.45) is -0.651. The van der Waals surface area contributed by atoms with E-state index < -0.39 is 18.3 Å². The van der Waals surface area contributed by atoms with E-state index in [4.69, 9.17) is 9.47 Å². The van der Waals surface area contributed by atoms with Crippen molar-refractivity contribution in [3.63, 3.8) is 0 Å². The number of piperidine rings is 1. The van der Waals surface area contributed by atoms with E-state index in [1.165, 1.54) is 17.0 Å². The average Bonchev–Trinajstić information content (AvgIpc) is 2.78. The van der Waals surface area contributed by atoms with Crippen LogP contribution >= 0.6 is 0 Å². The van der Waals surface area contributed by atoms with E-state index in [9.17, 15) is 13.6 Å². The van der Waals surface area contributed by atoms with E-state index in [0.717, 1.165) is 16.9 Å². The molecule has 1 heterocycles. The van der Waals surface area contributed by atoms with Crippen molar-refractivity contribution in [1.82, 2.24) is 9.80 Å². The second-order valence-electron chi connectivity index (χ2n) is 9.10. The Morgan fingerprint density at radius 1 is 1.12 bits per heavy atom. The number of rotatable bonds is 9. The van der Waals surface area contributed by atoms with Gasteiger partial charge in [-0.05, 0) is 54.8 Å². The number of halogens is 2. The van der Waals surface area contributed by atoms with Gasteiger partial charge in [0.1, 0.15) is 17.7 Å². The van der Waals surface area contributed by atoms with Gasteiger partial charge in [-0.25, -0.2) is 13.6 Å². The predicted molar refractivity (Wildman–Crippen MR) is 125 cm³/mol. The summed E-state index contributed by atoms with van der Waals surface area (Å²) in [7, 11) is 1.87. The van der Waals surface area contributed by atoms with E-state index in [1.54, 1.807) is 12.1 Å². The molecule has 0 saturated carbocycles. The van der Waals surface area contributed by atoms with Gasteiger partial charge in [0.15, 0.2) is 0 Å². The number of hydrogen-bond donors (Lipinski definition) is 0. The monoisotopic (exact) mass is 460 g/mol. The van der Waals surface area contributed by atoms with Gasteiger partial charge >= 0.3 is 6.09 Å². The van der Waals surface area contributed by atoms with E-state index in [-0.39, 0.29) is 25.5 Å². The topological polar surface area (TPSA) is 42.0 Å². The van der Waals surface area contributed by atoms with Gasteiger partial charge in [-0.2, -0.15) is 0 Å². The Hall–Kier alpha value is -2.67. The number of hydrogen-bond acceptors (Lipinski definition) is 4. The summed E-state index contributed by atoms with van der Waals surface area (Å²) < 4.78 is 39.4. The van der Waals surface area contributed by atoms with Crippen LogP contribution in [0.4, 0.5) is 13.6 Å². The molecule has 1 aliphatic rings. The van der Waals surface area contributed by atoms with Crippen molar-refractivity contribution in [2.45, 2.75) is 45.4 Å². The number of benzene rings is 2. The lowest BCUT2D eigenvalue weighted by Gasteiger charge is -2.39. The van der Waals surface area contributed by atoms with Crippen LogP contribution in [0.15, 0.2) is 48.5 Å². The Morgan fingerprint density at radius 2 is 1.79 bits per heavy atom. The molecule has 0 aliphatic carbocycles. The third kappa shape index (κ3) is 7.70. The number of carbonyl (C=O) groups is 1. The number of ether oxygens (including phenoxy) is 2. The first-order valence-corrected chi connectivity index (χ1v) is 11.5. The highest BCUT2D eigenvalue weighted by atomic mass is 19.1. The van der Waals surface area contributed by atoms with E-state index >= 15 is 0 Å². The van der Waals surface area contributed by atoms with Crippen molar-refractivity contribution < 1.29 is 23.0 Å². The maximum atomic E-state index is 14.9. The molecule has 1 saturated heterocycles. The normalized spacial score (nSPS) is 18.8. The zero-order valence-corrected chi connectivity index (χ0v) is 19.7. The Morgan fingerprint density at radius 3 is 2.42 bits per heavy atom. The molecule has 0 radical (unpaired) electrons. The Balaban J connectivity index is 1.59. The highest BCUT2D eigenvalue weighted by molar-refractivity contribution is 5.68. The summed E-state index contributed by atoms with van der Waals surface area (Å²) in [6, 6.07) is 13.1. The molecule has 1 fully saturated rings. The van der Waals surface area contributed by atoms with Gasteiger partial charge in [0.2, 0.25) is 0 Å². The van der Waals surface area contributed by atoms with Gasteiger partial charge in [-0.1, -0.05) is 38.1 Å². The number of alkyl halides is 1. The highest BCUT2D eigenvalue weighted by Gasteiger charge is 2.35. The van der Waals surface area contributed by atoms with Gasteiger partial charge in [-0.3, -0.25) is 4.90 Å². The third-order valence-corrected chi connectivity index (χ3v) is 5.73. The first-order chi connectivity index (χ1) is 15.8. The SMILES string of the molecule is CC(C)COc1ccc(CCOC(=O)N(Cc2ccc(F)cc2)[C@@H]2CCN(C)C[C@@H]2F)cc1. The van der Waals surface area contributed by atoms with E-state index in [2.05, 4.69) is 13.8 Å². The van der Waals surface area contributed by atoms with Crippen LogP contribution < -0.4 is 4.74 Å². The van der Waals surface area contributed by atoms with Crippen LogP contribution in [0.25, 0.3) is 0 Å². The number of amides is 1. The molecule has 0 spiro atoms. The van der Waals surface area contributed by atoms with E-state index in [1.807, 2.05) is 36.2 Å². The van der Waals surface area contributed by atoms with Gasteiger partial charge in [0.25, 0.3) is 0 Å². The minimum atomic E-state index is -1.17. The van der Waals surface area contributed by atoms with Crippen LogP contribution in [0.2, 0.25) is 0 Å². The molecule has 5 nitrogen and oxygen atoms in total. The number of carbonyl (C=O) groups excluding carboxylic acids is 1. The Labute approximate surface area is 195 Å². The molecule has 180 valence electrons. The van der Waals surface area contributed by atoms with Crippen LogP contribution in [0.5, 0.6) is 5.75 Å². The predicted octanol–water partition coefficient (Wildman–Crippen LogP) is 5.08. The fraction of sp³-hybridized carbons (Fsp3) is 0.500. The van der Waals surface area contributed by atoms with Crippen LogP contribution in [0, 0.1) is 11.7 Å². The second kappa shape index (κ2) is 12.0. The van der Waals surface area contributed by atoms with Gasteiger partial charge in [0, 0.05) is 26.1 Å². The fourth-order valence-electron chi connectivity index (χ4n) is 3.85. The number of likely N-dealkylation sites (tertiary alicyclic amines) is 1. The summed E-state index contributed by atoms with van der Waals surface area (Å²) in [5.41, 5.74) is 1.75. The first-order valence-electron chi connectivity index (χ1n) is 11.5. The second-order valence-corrected chi connectivity index (χ2v) is 9.10. The summed E-state index contributed by atoms with van der Waals surface area (Å²) in [5.74, 6) is 0.915. The van der Waals surface area contributed by atoms with Crippen molar-refractivity contribution in [2.24, 2.45) is 5.92 Å². The van der Waals surface area contributed by atoms with Crippen LogP contribution in [0.1, 0.15) is 31.4 Å². The largest absolute Gasteiger partial charge is 0.493 e. The average molecular weight is 461 g/mol. The smallest absolute Gasteiger partial charge is 0.410 e. The summed E-state index contributed by atoms with van der Waals surface area (Å²) in [4.78, 5) is 16.3. The minimum Gasteiger partial charge on any atom is -0.493 e. The molecule has 7 heteroatoms. The lowest BCUT2D eigenvalue weighted by molar-refractivity contribution is 0.0265. The zero-order valence-electron chi connectivity index (χ0n) is 19.7. The van der Waals surface area contributed by atoms with Crippen molar-refractivity contribution in [2.75, 3.05) is 33.4 Å². The quantitative estimate of drug-likeness (QED) is 0.523. The molecule has 0 aromatic heterocycles. The standard InChI is InChI=1S/C26H34F2N2O3/c1-19(2)18-33-23-10-6-20(7-11-23)13-15-32-26(31)30(16-21-4-8-22(27)9-5-21)25-12-14-29(3)17-24(25)28/h4-11,19,24-25H,12-18H2,1-3H3/t24-,25+/m0/s1. The molecule has 2 aromatic carbocycles. The summed E-state index contributed by atoms with van der Waals surface area (Å²) in [5, 5.41) is 0. The number of nitrogens with zero attached hydrogens (tertiary/aromatic N) is 2. The lowest BCUT2D eigenvalue weighted by Crippen LogP contribution is -2.53. The minimum absolute atomic E-state index is 0.176. The van der Waals surface area contributed by atoms with Gasteiger partial charge in [-0.15, -0.1) is 0 Å². The molecule has 2 atom stereocenters. The Bertz CT molecular complexity index is 874. The van der Waals surface area contributed by atoms with Crippen LogP contribution in [-0.4, -0.2) is 61.5 Å². The van der Waals surface area contributed by atoms with Gasteiger partial charge < -0.3 is 14.4 Å². The molecule has 0 N–H and O–H groups in total. The molecule has 3 rings (SSSR count). The van der Waals surface area contributed by atoms with Crippen molar-refractivity contribution in [1.29, 1.82) is 0 Å². The lowest BCUT2D eigenvalue weighted by atomic mass is 10.0. The van der Waals surface area contributed by atoms with Crippen LogP contribution in [0.3, 0.4) is 0 Å². The maximum absolute atomic E-state index is 14.9. The van der Waals surface area contributed by atoms with Crippen molar-refractivity contribution >= 4 is 6.09 Å².